The highest BCUT2D eigenvalue weighted by molar-refractivity contribution is 8.18. The SMILES string of the molecule is Cc1ccc(N2CCN(C3=NC(=O)C(=Cc4ccc(OC(=O)c5ccccc5)cc4)S3)CC2)cc1. The molecule has 2 aliphatic rings. The molecule has 1 fully saturated rings. The number of amidine groups is 1. The number of piperazine rings is 1. The van der Waals surface area contributed by atoms with E-state index < -0.39 is 5.97 Å². The second-order valence-electron chi connectivity index (χ2n) is 8.44. The number of hydrogen-bond donors (Lipinski definition) is 0. The molecule has 1 saturated heterocycles. The Balaban J connectivity index is 1.17. The molecule has 2 aliphatic heterocycles. The second-order valence-corrected chi connectivity index (χ2v) is 9.45. The number of rotatable bonds is 4. The van der Waals surface area contributed by atoms with Gasteiger partial charge in [-0.3, -0.25) is 4.79 Å². The first-order chi connectivity index (χ1) is 17.0. The number of esters is 1. The van der Waals surface area contributed by atoms with Crippen LogP contribution in [0, 0.1) is 6.92 Å². The fraction of sp³-hybridized carbons (Fsp3) is 0.179. The van der Waals surface area contributed by atoms with Gasteiger partial charge in [-0.1, -0.05) is 48.0 Å². The summed E-state index contributed by atoms with van der Waals surface area (Å²) in [6.45, 7) is 5.51. The molecule has 0 aliphatic carbocycles. The van der Waals surface area contributed by atoms with E-state index in [0.29, 0.717) is 16.2 Å². The van der Waals surface area contributed by atoms with Crippen LogP contribution in [-0.4, -0.2) is 48.1 Å². The van der Waals surface area contributed by atoms with Gasteiger partial charge in [-0.2, -0.15) is 4.99 Å². The van der Waals surface area contributed by atoms with Gasteiger partial charge in [0.2, 0.25) is 0 Å². The third-order valence-corrected chi connectivity index (χ3v) is 7.00. The Bertz CT molecular complexity index is 1280. The van der Waals surface area contributed by atoms with E-state index in [1.54, 1.807) is 36.4 Å². The van der Waals surface area contributed by atoms with Gasteiger partial charge in [0.15, 0.2) is 5.17 Å². The Morgan fingerprint density at radius 3 is 2.23 bits per heavy atom. The van der Waals surface area contributed by atoms with Crippen LogP contribution >= 0.6 is 11.8 Å². The van der Waals surface area contributed by atoms with E-state index in [0.717, 1.165) is 36.9 Å². The summed E-state index contributed by atoms with van der Waals surface area (Å²) in [4.78, 5) is 34.2. The largest absolute Gasteiger partial charge is 0.423 e. The van der Waals surface area contributed by atoms with Gasteiger partial charge in [0, 0.05) is 31.9 Å². The lowest BCUT2D eigenvalue weighted by molar-refractivity contribution is -0.113. The normalized spacial score (nSPS) is 17.0. The van der Waals surface area contributed by atoms with Gasteiger partial charge in [-0.05, 0) is 66.7 Å². The molecule has 3 aromatic rings. The number of carbonyl (C=O) groups excluding carboxylic acids is 2. The Morgan fingerprint density at radius 2 is 1.54 bits per heavy atom. The average molecular weight is 484 g/mol. The zero-order valence-corrected chi connectivity index (χ0v) is 20.2. The van der Waals surface area contributed by atoms with Crippen molar-refractivity contribution < 1.29 is 14.3 Å². The quantitative estimate of drug-likeness (QED) is 0.295. The zero-order valence-electron chi connectivity index (χ0n) is 19.4. The number of thioether (sulfide) groups is 1. The Labute approximate surface area is 208 Å². The van der Waals surface area contributed by atoms with E-state index in [2.05, 4.69) is 46.0 Å². The van der Waals surface area contributed by atoms with Crippen LogP contribution in [-0.2, 0) is 4.79 Å². The van der Waals surface area contributed by atoms with E-state index in [1.165, 1.54) is 23.0 Å². The maximum Gasteiger partial charge on any atom is 0.343 e. The molecule has 0 aromatic heterocycles. The van der Waals surface area contributed by atoms with Crippen LogP contribution in [0.4, 0.5) is 5.69 Å². The molecule has 0 saturated carbocycles. The number of benzene rings is 3. The molecular formula is C28H25N3O3S. The van der Waals surface area contributed by atoms with Crippen molar-refractivity contribution in [3.05, 3.63) is 100 Å². The smallest absolute Gasteiger partial charge is 0.343 e. The minimum atomic E-state index is -0.404. The average Bonchev–Trinajstić information content (AvgIpc) is 3.26. The molecule has 0 bridgehead atoms. The highest BCUT2D eigenvalue weighted by atomic mass is 32.2. The first-order valence-electron chi connectivity index (χ1n) is 11.5. The van der Waals surface area contributed by atoms with E-state index in [-0.39, 0.29) is 5.91 Å². The molecule has 0 spiro atoms. The number of ether oxygens (including phenoxy) is 1. The van der Waals surface area contributed by atoms with Crippen LogP contribution in [0.2, 0.25) is 0 Å². The molecule has 6 nitrogen and oxygen atoms in total. The lowest BCUT2D eigenvalue weighted by Crippen LogP contribution is -2.47. The Kier molecular flexibility index (Phi) is 6.68. The highest BCUT2D eigenvalue weighted by Gasteiger charge is 2.28. The van der Waals surface area contributed by atoms with Crippen LogP contribution in [0.15, 0.2) is 88.8 Å². The van der Waals surface area contributed by atoms with Crippen molar-refractivity contribution in [1.29, 1.82) is 0 Å². The molecule has 3 aromatic carbocycles. The van der Waals surface area contributed by atoms with Crippen molar-refractivity contribution in [2.75, 3.05) is 31.1 Å². The summed E-state index contributed by atoms with van der Waals surface area (Å²) in [5, 5.41) is 0.762. The fourth-order valence-corrected chi connectivity index (χ4v) is 4.93. The van der Waals surface area contributed by atoms with Gasteiger partial charge in [-0.25, -0.2) is 4.79 Å². The lowest BCUT2D eigenvalue weighted by Gasteiger charge is -2.36. The van der Waals surface area contributed by atoms with E-state index in [4.69, 9.17) is 4.74 Å². The van der Waals surface area contributed by atoms with Gasteiger partial charge in [-0.15, -0.1) is 0 Å². The highest BCUT2D eigenvalue weighted by Crippen LogP contribution is 2.31. The molecule has 5 rings (SSSR count). The molecule has 0 N–H and O–H groups in total. The Hall–Kier alpha value is -3.84. The number of hydrogen-bond acceptors (Lipinski definition) is 6. The van der Waals surface area contributed by atoms with E-state index in [1.807, 2.05) is 24.3 Å². The summed E-state index contributed by atoms with van der Waals surface area (Å²) < 4.78 is 5.42. The first kappa shape index (κ1) is 22.9. The van der Waals surface area contributed by atoms with Gasteiger partial charge < -0.3 is 14.5 Å². The minimum absolute atomic E-state index is 0.217. The minimum Gasteiger partial charge on any atom is -0.423 e. The molecule has 0 radical (unpaired) electrons. The summed E-state index contributed by atoms with van der Waals surface area (Å²) in [5.41, 5.74) is 3.83. The van der Waals surface area contributed by atoms with Crippen LogP contribution < -0.4 is 9.64 Å². The number of aryl methyl sites for hydroxylation is 1. The molecule has 7 heteroatoms. The maximum atomic E-state index is 12.5. The molecule has 35 heavy (non-hydrogen) atoms. The molecule has 0 atom stereocenters. The predicted molar refractivity (Wildman–Crippen MR) is 141 cm³/mol. The van der Waals surface area contributed by atoms with Crippen molar-refractivity contribution >= 4 is 40.6 Å². The van der Waals surface area contributed by atoms with Gasteiger partial charge in [0.1, 0.15) is 5.75 Å². The molecule has 2 heterocycles. The third-order valence-electron chi connectivity index (χ3n) is 5.96. The third kappa shape index (κ3) is 5.46. The van der Waals surface area contributed by atoms with Gasteiger partial charge in [0.25, 0.3) is 5.91 Å². The van der Waals surface area contributed by atoms with E-state index in [9.17, 15) is 9.59 Å². The number of carbonyl (C=O) groups is 2. The molecule has 0 unspecified atom stereocenters. The number of anilines is 1. The molecule has 1 amide bonds. The Morgan fingerprint density at radius 1 is 0.886 bits per heavy atom. The summed E-state index contributed by atoms with van der Waals surface area (Å²) in [7, 11) is 0. The van der Waals surface area contributed by atoms with Crippen molar-refractivity contribution in [3.63, 3.8) is 0 Å². The van der Waals surface area contributed by atoms with Gasteiger partial charge >= 0.3 is 5.97 Å². The van der Waals surface area contributed by atoms with Crippen molar-refractivity contribution in [2.24, 2.45) is 4.99 Å². The number of amides is 1. The van der Waals surface area contributed by atoms with Crippen LogP contribution in [0.25, 0.3) is 6.08 Å². The van der Waals surface area contributed by atoms with Crippen molar-refractivity contribution in [3.8, 4) is 5.75 Å². The summed E-state index contributed by atoms with van der Waals surface area (Å²) in [6.07, 6.45) is 1.83. The lowest BCUT2D eigenvalue weighted by atomic mass is 10.2. The summed E-state index contributed by atoms with van der Waals surface area (Å²) >= 11 is 1.41. The van der Waals surface area contributed by atoms with Crippen molar-refractivity contribution in [1.82, 2.24) is 4.90 Å². The van der Waals surface area contributed by atoms with E-state index >= 15 is 0 Å². The fourth-order valence-electron chi connectivity index (χ4n) is 3.97. The predicted octanol–water partition coefficient (Wildman–Crippen LogP) is 5.01. The van der Waals surface area contributed by atoms with Crippen LogP contribution in [0.1, 0.15) is 21.5 Å². The maximum absolute atomic E-state index is 12.5. The number of aliphatic imine (C=N–C) groups is 1. The first-order valence-corrected chi connectivity index (χ1v) is 12.3. The summed E-state index contributed by atoms with van der Waals surface area (Å²) in [5.74, 6) is -0.168. The van der Waals surface area contributed by atoms with Crippen LogP contribution in [0.3, 0.4) is 0 Å². The number of nitrogens with zero attached hydrogens (tertiary/aromatic N) is 3. The standard InChI is InChI=1S/C28H25N3O3S/c1-20-7-11-23(12-8-20)30-15-17-31(18-16-30)28-29-26(32)25(35-28)19-21-9-13-24(14-10-21)34-27(33)22-5-3-2-4-6-22/h2-14,19H,15-18H2,1H3. The van der Waals surface area contributed by atoms with Gasteiger partial charge in [0.05, 0.1) is 10.5 Å². The van der Waals surface area contributed by atoms with Crippen molar-refractivity contribution in [2.45, 2.75) is 6.92 Å². The summed E-state index contributed by atoms with van der Waals surface area (Å²) in [6, 6.07) is 24.5. The zero-order chi connectivity index (χ0) is 24.2. The molecule has 176 valence electrons. The second kappa shape index (κ2) is 10.2. The van der Waals surface area contributed by atoms with Crippen LogP contribution in [0.5, 0.6) is 5.75 Å². The molecular weight excluding hydrogens is 458 g/mol. The topological polar surface area (TPSA) is 62.2 Å². The monoisotopic (exact) mass is 483 g/mol.